The molecule has 1 N–H and O–H groups in total. The van der Waals surface area contributed by atoms with Gasteiger partial charge in [0.25, 0.3) is 0 Å². The molecule has 0 unspecified atom stereocenters. The first kappa shape index (κ1) is 24.3. The summed E-state index contributed by atoms with van der Waals surface area (Å²) >= 11 is 0. The third-order valence-electron chi connectivity index (χ3n) is 5.02. The molecule has 1 aromatic carbocycles. The van der Waals surface area contributed by atoms with Crippen LogP contribution in [0.1, 0.15) is 52.2 Å². The van der Waals surface area contributed by atoms with Crippen LogP contribution >= 0.6 is 0 Å². The van der Waals surface area contributed by atoms with Gasteiger partial charge in [0.1, 0.15) is 17.2 Å². The third-order valence-corrected chi connectivity index (χ3v) is 5.02. The zero-order valence-corrected chi connectivity index (χ0v) is 20.0. The van der Waals surface area contributed by atoms with Crippen molar-refractivity contribution >= 4 is 23.0 Å². The molecule has 0 aliphatic heterocycles. The monoisotopic (exact) mass is 451 g/mol. The van der Waals surface area contributed by atoms with Gasteiger partial charge in [-0.1, -0.05) is 19.9 Å². The van der Waals surface area contributed by atoms with E-state index in [1.54, 1.807) is 44.3 Å². The highest BCUT2D eigenvalue weighted by molar-refractivity contribution is 5.86. The highest BCUT2D eigenvalue weighted by Crippen LogP contribution is 2.20. The SMILES string of the molecule is CC(C)C[C@H](NC(=O)OC(C)(C)C)C(=O)N(Cc1ccncc1)Cc1ccc2occc2c1. The quantitative estimate of drug-likeness (QED) is 0.503. The fourth-order valence-electron chi connectivity index (χ4n) is 3.62. The Hall–Kier alpha value is -3.35. The molecule has 0 spiro atoms. The molecule has 0 saturated carbocycles. The van der Waals surface area contributed by atoms with Crippen molar-refractivity contribution in [2.75, 3.05) is 0 Å². The van der Waals surface area contributed by atoms with Crippen molar-refractivity contribution in [3.8, 4) is 0 Å². The van der Waals surface area contributed by atoms with Gasteiger partial charge in [0, 0.05) is 30.9 Å². The lowest BCUT2D eigenvalue weighted by Crippen LogP contribution is -2.49. The zero-order chi connectivity index (χ0) is 24.0. The normalized spacial score (nSPS) is 12.5. The number of nitrogens with zero attached hydrogens (tertiary/aromatic N) is 2. The fourth-order valence-corrected chi connectivity index (χ4v) is 3.62. The molecule has 33 heavy (non-hydrogen) atoms. The van der Waals surface area contributed by atoms with Crippen LogP contribution in [0.5, 0.6) is 0 Å². The lowest BCUT2D eigenvalue weighted by atomic mass is 10.0. The highest BCUT2D eigenvalue weighted by Gasteiger charge is 2.29. The van der Waals surface area contributed by atoms with Gasteiger partial charge in [0.05, 0.1) is 6.26 Å². The summed E-state index contributed by atoms with van der Waals surface area (Å²) in [4.78, 5) is 32.0. The van der Waals surface area contributed by atoms with Gasteiger partial charge in [-0.05, 0) is 74.6 Å². The van der Waals surface area contributed by atoms with Crippen molar-refractivity contribution in [2.24, 2.45) is 5.92 Å². The lowest BCUT2D eigenvalue weighted by molar-refractivity contribution is -0.135. The molecule has 0 saturated heterocycles. The van der Waals surface area contributed by atoms with Crippen LogP contribution in [0, 0.1) is 5.92 Å². The summed E-state index contributed by atoms with van der Waals surface area (Å²) in [5.41, 5.74) is 2.09. The molecule has 2 aromatic heterocycles. The summed E-state index contributed by atoms with van der Waals surface area (Å²) in [5, 5.41) is 3.78. The van der Waals surface area contributed by atoms with E-state index in [2.05, 4.69) is 10.3 Å². The van der Waals surface area contributed by atoms with Crippen LogP contribution in [0.25, 0.3) is 11.0 Å². The molecule has 0 aliphatic rings. The number of pyridine rings is 1. The number of ether oxygens (including phenoxy) is 1. The van der Waals surface area contributed by atoms with Gasteiger partial charge in [-0.3, -0.25) is 9.78 Å². The molecular formula is C26H33N3O4. The summed E-state index contributed by atoms with van der Waals surface area (Å²) in [7, 11) is 0. The van der Waals surface area contributed by atoms with Crippen molar-refractivity contribution in [1.82, 2.24) is 15.2 Å². The predicted octanol–water partition coefficient (Wildman–Crippen LogP) is 5.30. The summed E-state index contributed by atoms with van der Waals surface area (Å²) in [6.07, 6.45) is 4.98. The number of benzene rings is 1. The molecule has 1 atom stereocenters. The maximum atomic E-state index is 13.7. The van der Waals surface area contributed by atoms with Crippen molar-refractivity contribution in [3.63, 3.8) is 0 Å². The number of carbonyl (C=O) groups excluding carboxylic acids is 2. The summed E-state index contributed by atoms with van der Waals surface area (Å²) < 4.78 is 10.9. The number of hydrogen-bond donors (Lipinski definition) is 1. The smallest absolute Gasteiger partial charge is 0.408 e. The number of hydrogen-bond acceptors (Lipinski definition) is 5. The first-order valence-electron chi connectivity index (χ1n) is 11.2. The molecule has 3 aromatic rings. The van der Waals surface area contributed by atoms with Crippen molar-refractivity contribution in [3.05, 3.63) is 66.2 Å². The predicted molar refractivity (Wildman–Crippen MR) is 127 cm³/mol. The number of fused-ring (bicyclic) bond motifs is 1. The van der Waals surface area contributed by atoms with Crippen molar-refractivity contribution < 1.29 is 18.7 Å². The Balaban J connectivity index is 1.86. The number of furan rings is 1. The standard InChI is InChI=1S/C26H33N3O4/c1-18(2)14-22(28-25(31)33-26(3,4)5)24(30)29(16-19-8-11-27-12-9-19)17-20-6-7-23-21(15-20)10-13-32-23/h6-13,15,18,22H,14,16-17H2,1-5H3,(H,28,31)/t22-/m0/s1. The van der Waals surface area contributed by atoms with Crippen LogP contribution in [0.15, 0.2) is 59.5 Å². The molecule has 2 amide bonds. The molecule has 7 nitrogen and oxygen atoms in total. The Bertz CT molecular complexity index is 1070. The van der Waals surface area contributed by atoms with Gasteiger partial charge in [-0.2, -0.15) is 0 Å². The number of amides is 2. The number of nitrogens with one attached hydrogen (secondary N) is 1. The van der Waals surface area contributed by atoms with Gasteiger partial charge in [-0.15, -0.1) is 0 Å². The molecule has 7 heteroatoms. The summed E-state index contributed by atoms with van der Waals surface area (Å²) in [6.45, 7) is 10.2. The minimum absolute atomic E-state index is 0.154. The van der Waals surface area contributed by atoms with Crippen LogP contribution in [0.4, 0.5) is 4.79 Å². The van der Waals surface area contributed by atoms with Crippen LogP contribution < -0.4 is 5.32 Å². The highest BCUT2D eigenvalue weighted by atomic mass is 16.6. The van der Waals surface area contributed by atoms with Gasteiger partial charge >= 0.3 is 6.09 Å². The minimum atomic E-state index is -0.695. The van der Waals surface area contributed by atoms with E-state index in [9.17, 15) is 9.59 Å². The zero-order valence-electron chi connectivity index (χ0n) is 20.0. The second-order valence-corrected chi connectivity index (χ2v) is 9.67. The molecule has 0 fully saturated rings. The maximum absolute atomic E-state index is 13.7. The van der Waals surface area contributed by atoms with E-state index in [0.29, 0.717) is 19.5 Å². The summed E-state index contributed by atoms with van der Waals surface area (Å²) in [6, 6.07) is 10.9. The molecular weight excluding hydrogens is 418 g/mol. The molecule has 0 bridgehead atoms. The summed E-state index contributed by atoms with van der Waals surface area (Å²) in [5.74, 6) is 0.0533. The topological polar surface area (TPSA) is 84.7 Å². The van der Waals surface area contributed by atoms with E-state index in [0.717, 1.165) is 22.1 Å². The minimum Gasteiger partial charge on any atom is -0.464 e. The number of rotatable bonds is 8. The Morgan fingerprint density at radius 3 is 2.42 bits per heavy atom. The average molecular weight is 452 g/mol. The van der Waals surface area contributed by atoms with Gasteiger partial charge in [0.2, 0.25) is 5.91 Å². The van der Waals surface area contributed by atoms with Gasteiger partial charge in [-0.25, -0.2) is 4.79 Å². The van der Waals surface area contributed by atoms with E-state index in [-0.39, 0.29) is 11.8 Å². The van der Waals surface area contributed by atoms with Gasteiger partial charge < -0.3 is 19.4 Å². The second kappa shape index (κ2) is 10.5. The Morgan fingerprint density at radius 2 is 1.76 bits per heavy atom. The van der Waals surface area contributed by atoms with Crippen LogP contribution in [-0.2, 0) is 22.6 Å². The van der Waals surface area contributed by atoms with Crippen LogP contribution in [-0.4, -0.2) is 33.5 Å². The van der Waals surface area contributed by atoms with E-state index in [1.165, 1.54) is 0 Å². The van der Waals surface area contributed by atoms with Crippen molar-refractivity contribution in [1.29, 1.82) is 0 Å². The fraction of sp³-hybridized carbons (Fsp3) is 0.423. The van der Waals surface area contributed by atoms with Crippen LogP contribution in [0.2, 0.25) is 0 Å². The maximum Gasteiger partial charge on any atom is 0.408 e. The Morgan fingerprint density at radius 1 is 1.06 bits per heavy atom. The lowest BCUT2D eigenvalue weighted by Gasteiger charge is -2.30. The molecule has 0 radical (unpaired) electrons. The Labute approximate surface area is 195 Å². The first-order chi connectivity index (χ1) is 15.6. The van der Waals surface area contributed by atoms with E-state index in [1.807, 2.05) is 50.2 Å². The van der Waals surface area contributed by atoms with Gasteiger partial charge in [0.15, 0.2) is 0 Å². The second-order valence-electron chi connectivity index (χ2n) is 9.67. The Kier molecular flexibility index (Phi) is 7.74. The van der Waals surface area contributed by atoms with E-state index >= 15 is 0 Å². The number of aromatic nitrogens is 1. The average Bonchev–Trinajstić information content (AvgIpc) is 3.19. The molecule has 3 rings (SSSR count). The first-order valence-corrected chi connectivity index (χ1v) is 11.2. The third kappa shape index (κ3) is 7.34. The largest absolute Gasteiger partial charge is 0.464 e. The van der Waals surface area contributed by atoms with Crippen LogP contribution in [0.3, 0.4) is 0 Å². The molecule has 0 aliphatic carbocycles. The molecule has 176 valence electrons. The van der Waals surface area contributed by atoms with E-state index in [4.69, 9.17) is 9.15 Å². The molecule has 2 heterocycles. The number of carbonyl (C=O) groups is 2. The number of alkyl carbamates (subject to hydrolysis) is 1. The van der Waals surface area contributed by atoms with E-state index < -0.39 is 17.7 Å². The van der Waals surface area contributed by atoms with Crippen molar-refractivity contribution in [2.45, 2.75) is 65.8 Å².